The maximum atomic E-state index is 11.0. The number of nitrogens with two attached hydrogens (primary N) is 1. The zero-order chi connectivity index (χ0) is 16.2. The second kappa shape index (κ2) is 7.07. The van der Waals surface area contributed by atoms with Crippen molar-refractivity contribution >= 4 is 17.3 Å². The standard InChI is InChI=1S/C19H25N3O/c1-13-16-6-4-2-3-5-7-17(16)19(22-21-13)15-10-8-14(9-11-15)12-18(20)23/h8-11,16-17H,2-7,12H2,1H3,(H2,20,23). The Bertz CT molecular complexity index is 631. The van der Waals surface area contributed by atoms with E-state index < -0.39 is 0 Å². The summed E-state index contributed by atoms with van der Waals surface area (Å²) in [6, 6.07) is 8.07. The molecule has 0 aromatic heterocycles. The summed E-state index contributed by atoms with van der Waals surface area (Å²) >= 11 is 0. The molecule has 1 aliphatic carbocycles. The molecule has 4 nitrogen and oxygen atoms in total. The van der Waals surface area contributed by atoms with Crippen LogP contribution in [0.3, 0.4) is 0 Å². The number of fused-ring (bicyclic) bond motifs is 1. The minimum atomic E-state index is -0.298. The van der Waals surface area contributed by atoms with Crippen LogP contribution < -0.4 is 5.73 Å². The van der Waals surface area contributed by atoms with Crippen molar-refractivity contribution in [3.63, 3.8) is 0 Å². The summed E-state index contributed by atoms with van der Waals surface area (Å²) in [7, 11) is 0. The molecule has 0 spiro atoms. The molecule has 2 unspecified atom stereocenters. The van der Waals surface area contributed by atoms with E-state index >= 15 is 0 Å². The van der Waals surface area contributed by atoms with Gasteiger partial charge in [-0.1, -0.05) is 49.9 Å². The Morgan fingerprint density at radius 2 is 1.70 bits per heavy atom. The smallest absolute Gasteiger partial charge is 0.221 e. The molecule has 3 rings (SSSR count). The van der Waals surface area contributed by atoms with E-state index in [2.05, 4.69) is 29.3 Å². The third kappa shape index (κ3) is 3.69. The van der Waals surface area contributed by atoms with Gasteiger partial charge in [0.2, 0.25) is 5.91 Å². The predicted octanol–water partition coefficient (Wildman–Crippen LogP) is 3.48. The second-order valence-electron chi connectivity index (χ2n) is 6.77. The quantitative estimate of drug-likeness (QED) is 0.912. The van der Waals surface area contributed by atoms with Gasteiger partial charge >= 0.3 is 0 Å². The number of nitrogens with zero attached hydrogens (tertiary/aromatic N) is 2. The van der Waals surface area contributed by atoms with Crippen molar-refractivity contribution in [2.45, 2.75) is 51.9 Å². The number of carbonyl (C=O) groups excluding carboxylic acids is 1. The Balaban J connectivity index is 1.86. The molecule has 1 fully saturated rings. The van der Waals surface area contributed by atoms with E-state index in [0.717, 1.165) is 16.8 Å². The summed E-state index contributed by atoms with van der Waals surface area (Å²) < 4.78 is 0. The van der Waals surface area contributed by atoms with E-state index in [4.69, 9.17) is 5.73 Å². The van der Waals surface area contributed by atoms with Gasteiger partial charge in [-0.3, -0.25) is 4.79 Å². The lowest BCUT2D eigenvalue weighted by Crippen LogP contribution is -2.33. The molecule has 0 radical (unpaired) electrons. The van der Waals surface area contributed by atoms with Crippen molar-refractivity contribution in [1.29, 1.82) is 0 Å². The summed E-state index contributed by atoms with van der Waals surface area (Å²) in [4.78, 5) is 11.0. The Morgan fingerprint density at radius 1 is 1.04 bits per heavy atom. The highest BCUT2D eigenvalue weighted by molar-refractivity contribution is 6.06. The molecule has 0 bridgehead atoms. The number of amides is 1. The predicted molar refractivity (Wildman–Crippen MR) is 93.7 cm³/mol. The largest absolute Gasteiger partial charge is 0.369 e. The Kier molecular flexibility index (Phi) is 4.89. The van der Waals surface area contributed by atoms with Crippen molar-refractivity contribution in [3.8, 4) is 0 Å². The van der Waals surface area contributed by atoms with Gasteiger partial charge in [-0.25, -0.2) is 0 Å². The molecule has 1 aromatic carbocycles. The molecule has 23 heavy (non-hydrogen) atoms. The average Bonchev–Trinajstić information content (AvgIpc) is 2.49. The van der Waals surface area contributed by atoms with Crippen LogP contribution in [0.25, 0.3) is 0 Å². The van der Waals surface area contributed by atoms with Crippen molar-refractivity contribution < 1.29 is 4.79 Å². The van der Waals surface area contributed by atoms with Gasteiger partial charge < -0.3 is 5.73 Å². The maximum absolute atomic E-state index is 11.0. The van der Waals surface area contributed by atoms with Crippen molar-refractivity contribution in [2.75, 3.05) is 0 Å². The van der Waals surface area contributed by atoms with Crippen LogP contribution in [0.4, 0.5) is 0 Å². The molecule has 122 valence electrons. The van der Waals surface area contributed by atoms with E-state index in [9.17, 15) is 4.79 Å². The van der Waals surface area contributed by atoms with Crippen molar-refractivity contribution in [2.24, 2.45) is 27.8 Å². The van der Waals surface area contributed by atoms with Crippen LogP contribution in [0.2, 0.25) is 0 Å². The highest BCUT2D eigenvalue weighted by Crippen LogP contribution is 2.34. The second-order valence-corrected chi connectivity index (χ2v) is 6.77. The SMILES string of the molecule is CC1=NN=C(c2ccc(CC(N)=O)cc2)C2CCCCCCC12. The molecule has 1 amide bonds. The third-order valence-corrected chi connectivity index (χ3v) is 5.10. The lowest BCUT2D eigenvalue weighted by atomic mass is 9.74. The van der Waals surface area contributed by atoms with E-state index in [1.807, 2.05) is 12.1 Å². The molecule has 4 heteroatoms. The van der Waals surface area contributed by atoms with Crippen LogP contribution in [0.1, 0.15) is 56.6 Å². The molecule has 2 aliphatic rings. The molecule has 0 saturated heterocycles. The van der Waals surface area contributed by atoms with Crippen LogP contribution >= 0.6 is 0 Å². The fraction of sp³-hybridized carbons (Fsp3) is 0.526. The summed E-state index contributed by atoms with van der Waals surface area (Å²) in [5.74, 6) is 0.718. The van der Waals surface area contributed by atoms with Gasteiger partial charge in [0.05, 0.1) is 12.1 Å². The first-order valence-corrected chi connectivity index (χ1v) is 8.65. The Labute approximate surface area is 137 Å². The maximum Gasteiger partial charge on any atom is 0.221 e. The van der Waals surface area contributed by atoms with Gasteiger partial charge in [-0.15, -0.1) is 0 Å². The first-order valence-electron chi connectivity index (χ1n) is 8.65. The molecule has 1 saturated carbocycles. The van der Waals surface area contributed by atoms with Crippen molar-refractivity contribution in [1.82, 2.24) is 0 Å². The zero-order valence-electron chi connectivity index (χ0n) is 13.8. The Hall–Kier alpha value is -1.97. The van der Waals surface area contributed by atoms with E-state index in [1.165, 1.54) is 44.2 Å². The van der Waals surface area contributed by atoms with Crippen LogP contribution in [-0.2, 0) is 11.2 Å². The number of primary amides is 1. The summed E-state index contributed by atoms with van der Waals surface area (Å²) in [6.07, 6.45) is 7.93. The van der Waals surface area contributed by atoms with Crippen LogP contribution in [0, 0.1) is 11.8 Å². The molecule has 1 aromatic rings. The average molecular weight is 311 g/mol. The lowest BCUT2D eigenvalue weighted by Gasteiger charge is -2.32. The summed E-state index contributed by atoms with van der Waals surface area (Å²) in [6.45, 7) is 2.12. The fourth-order valence-corrected chi connectivity index (χ4v) is 3.86. The number of rotatable bonds is 3. The number of benzene rings is 1. The molecule has 2 atom stereocenters. The van der Waals surface area contributed by atoms with Gasteiger partial charge in [0.1, 0.15) is 0 Å². The summed E-state index contributed by atoms with van der Waals surface area (Å²) in [5.41, 5.74) is 9.64. The zero-order valence-corrected chi connectivity index (χ0v) is 13.8. The third-order valence-electron chi connectivity index (χ3n) is 5.10. The first kappa shape index (κ1) is 15.9. The molecule has 1 aliphatic heterocycles. The molecule has 1 heterocycles. The number of hydrogen-bond acceptors (Lipinski definition) is 3. The summed E-state index contributed by atoms with van der Waals surface area (Å²) in [5, 5.41) is 8.99. The minimum Gasteiger partial charge on any atom is -0.369 e. The van der Waals surface area contributed by atoms with Crippen LogP contribution in [0.5, 0.6) is 0 Å². The fourth-order valence-electron chi connectivity index (χ4n) is 3.86. The first-order chi connectivity index (χ1) is 11.1. The lowest BCUT2D eigenvalue weighted by molar-refractivity contribution is -0.117. The van der Waals surface area contributed by atoms with Gasteiger partial charge in [-0.2, -0.15) is 10.2 Å². The van der Waals surface area contributed by atoms with E-state index in [-0.39, 0.29) is 12.3 Å². The van der Waals surface area contributed by atoms with Crippen molar-refractivity contribution in [3.05, 3.63) is 35.4 Å². The number of hydrogen-bond donors (Lipinski definition) is 1. The highest BCUT2D eigenvalue weighted by Gasteiger charge is 2.32. The van der Waals surface area contributed by atoms with Crippen LogP contribution in [0.15, 0.2) is 34.5 Å². The number of carbonyl (C=O) groups is 1. The minimum absolute atomic E-state index is 0.288. The Morgan fingerprint density at radius 3 is 2.35 bits per heavy atom. The van der Waals surface area contributed by atoms with E-state index in [0.29, 0.717) is 11.8 Å². The molecular weight excluding hydrogens is 286 g/mol. The van der Waals surface area contributed by atoms with Gasteiger partial charge in [0.15, 0.2) is 0 Å². The monoisotopic (exact) mass is 311 g/mol. The molecular formula is C19H25N3O. The van der Waals surface area contributed by atoms with Gasteiger partial charge in [0, 0.05) is 17.5 Å². The van der Waals surface area contributed by atoms with E-state index in [1.54, 1.807) is 0 Å². The van der Waals surface area contributed by atoms with Gasteiger partial charge in [-0.05, 0) is 30.9 Å². The molecule has 2 N–H and O–H groups in total. The van der Waals surface area contributed by atoms with Gasteiger partial charge in [0.25, 0.3) is 0 Å². The normalized spacial score (nSPS) is 24.7. The topological polar surface area (TPSA) is 67.8 Å². The highest BCUT2D eigenvalue weighted by atomic mass is 16.1. The van der Waals surface area contributed by atoms with Crippen LogP contribution in [-0.4, -0.2) is 17.3 Å².